The number of benzene rings is 1. The van der Waals surface area contributed by atoms with E-state index >= 15 is 0 Å². The largest absolute Gasteiger partial charge is 0.472 e. The highest BCUT2D eigenvalue weighted by atomic mass is 16.3. The Hall–Kier alpha value is -2.07. The van der Waals surface area contributed by atoms with E-state index < -0.39 is 0 Å². The summed E-state index contributed by atoms with van der Waals surface area (Å²) in [5.74, 6) is -0.176. The second kappa shape index (κ2) is 5.32. The molecule has 0 fully saturated rings. The number of nitrogens with two attached hydrogens (primary N) is 1. The summed E-state index contributed by atoms with van der Waals surface area (Å²) in [5.41, 5.74) is 7.90. The van der Waals surface area contributed by atoms with Crippen LogP contribution in [0, 0.1) is 0 Å². The van der Waals surface area contributed by atoms with Crippen LogP contribution in [0.1, 0.15) is 15.9 Å². The van der Waals surface area contributed by atoms with Gasteiger partial charge in [-0.3, -0.25) is 4.79 Å². The van der Waals surface area contributed by atoms with Gasteiger partial charge in [-0.2, -0.15) is 0 Å². The fraction of sp³-hybridized carbons (Fsp3) is 0.154. The molecule has 0 bridgehead atoms. The molecular formula is C13H14N2O2. The molecule has 3 N–H and O–H groups in total. The number of rotatable bonds is 4. The van der Waals surface area contributed by atoms with Gasteiger partial charge < -0.3 is 15.5 Å². The zero-order valence-electron chi connectivity index (χ0n) is 9.35. The maximum Gasteiger partial charge on any atom is 0.258 e. The number of hydrogen-bond donors (Lipinski definition) is 2. The van der Waals surface area contributed by atoms with Crippen molar-refractivity contribution in [3.63, 3.8) is 0 Å². The number of carbonyl (C=O) groups excluding carboxylic acids is 1. The molecule has 0 saturated heterocycles. The summed E-state index contributed by atoms with van der Waals surface area (Å²) >= 11 is 0. The zero-order chi connectivity index (χ0) is 12.1. The number of furan rings is 1. The molecule has 0 aliphatic carbocycles. The van der Waals surface area contributed by atoms with Crippen LogP contribution in [0.25, 0.3) is 0 Å². The second-order valence-electron chi connectivity index (χ2n) is 3.70. The van der Waals surface area contributed by atoms with Gasteiger partial charge in [0.1, 0.15) is 6.26 Å². The molecule has 1 aromatic carbocycles. The van der Waals surface area contributed by atoms with Gasteiger partial charge in [0.25, 0.3) is 5.91 Å². The van der Waals surface area contributed by atoms with Crippen molar-refractivity contribution in [1.82, 2.24) is 0 Å². The van der Waals surface area contributed by atoms with Crippen molar-refractivity contribution in [2.75, 3.05) is 11.9 Å². The molecule has 88 valence electrons. The molecule has 0 aliphatic rings. The first-order chi connectivity index (χ1) is 8.29. The Morgan fingerprint density at radius 1 is 1.24 bits per heavy atom. The summed E-state index contributed by atoms with van der Waals surface area (Å²) < 4.78 is 4.85. The van der Waals surface area contributed by atoms with Crippen LogP contribution in [-0.2, 0) is 6.42 Å². The van der Waals surface area contributed by atoms with Crippen molar-refractivity contribution >= 4 is 11.6 Å². The van der Waals surface area contributed by atoms with Gasteiger partial charge in [0.05, 0.1) is 11.8 Å². The first-order valence-corrected chi connectivity index (χ1v) is 5.42. The lowest BCUT2D eigenvalue weighted by Crippen LogP contribution is -2.10. The Kier molecular flexibility index (Phi) is 3.57. The lowest BCUT2D eigenvalue weighted by molar-refractivity contribution is 0.102. The van der Waals surface area contributed by atoms with Gasteiger partial charge in [-0.25, -0.2) is 0 Å². The first-order valence-electron chi connectivity index (χ1n) is 5.42. The van der Waals surface area contributed by atoms with E-state index in [1.807, 2.05) is 24.3 Å². The monoisotopic (exact) mass is 230 g/mol. The molecule has 1 amide bonds. The maximum absolute atomic E-state index is 11.7. The van der Waals surface area contributed by atoms with Gasteiger partial charge in [-0.15, -0.1) is 0 Å². The molecular weight excluding hydrogens is 216 g/mol. The fourth-order valence-corrected chi connectivity index (χ4v) is 1.52. The molecule has 0 atom stereocenters. The lowest BCUT2D eigenvalue weighted by Gasteiger charge is -2.04. The highest BCUT2D eigenvalue weighted by Gasteiger charge is 2.06. The predicted molar refractivity (Wildman–Crippen MR) is 65.9 cm³/mol. The Balaban J connectivity index is 2.01. The van der Waals surface area contributed by atoms with E-state index in [2.05, 4.69) is 5.32 Å². The van der Waals surface area contributed by atoms with Crippen molar-refractivity contribution in [2.24, 2.45) is 5.73 Å². The third-order valence-corrected chi connectivity index (χ3v) is 2.43. The van der Waals surface area contributed by atoms with Crippen LogP contribution in [-0.4, -0.2) is 12.5 Å². The van der Waals surface area contributed by atoms with E-state index in [-0.39, 0.29) is 5.91 Å². The summed E-state index contributed by atoms with van der Waals surface area (Å²) in [6.45, 7) is 0.626. The molecule has 2 aromatic rings. The number of amides is 1. The minimum atomic E-state index is -0.176. The molecule has 0 aliphatic heterocycles. The molecule has 0 radical (unpaired) electrons. The number of carbonyl (C=O) groups is 1. The SMILES string of the molecule is NCCc1ccc(NC(=O)c2ccoc2)cc1. The highest BCUT2D eigenvalue weighted by molar-refractivity contribution is 6.03. The van der Waals surface area contributed by atoms with Crippen LogP contribution in [0.5, 0.6) is 0 Å². The Morgan fingerprint density at radius 2 is 2.00 bits per heavy atom. The number of anilines is 1. The van der Waals surface area contributed by atoms with E-state index in [1.54, 1.807) is 6.07 Å². The topological polar surface area (TPSA) is 68.3 Å². The molecule has 2 rings (SSSR count). The maximum atomic E-state index is 11.7. The molecule has 4 heteroatoms. The normalized spacial score (nSPS) is 10.2. The second-order valence-corrected chi connectivity index (χ2v) is 3.70. The van der Waals surface area contributed by atoms with Crippen molar-refractivity contribution in [1.29, 1.82) is 0 Å². The third kappa shape index (κ3) is 2.95. The average Bonchev–Trinajstić information content (AvgIpc) is 2.86. The van der Waals surface area contributed by atoms with Crippen LogP contribution < -0.4 is 11.1 Å². The smallest absolute Gasteiger partial charge is 0.258 e. The van der Waals surface area contributed by atoms with Gasteiger partial charge in [0.15, 0.2) is 0 Å². The standard InChI is InChI=1S/C13H14N2O2/c14-7-5-10-1-3-12(4-2-10)15-13(16)11-6-8-17-9-11/h1-4,6,8-9H,5,7,14H2,(H,15,16). The van der Waals surface area contributed by atoms with Crippen molar-refractivity contribution < 1.29 is 9.21 Å². The fourth-order valence-electron chi connectivity index (χ4n) is 1.52. The van der Waals surface area contributed by atoms with E-state index in [1.165, 1.54) is 12.5 Å². The molecule has 0 spiro atoms. The predicted octanol–water partition coefficient (Wildman–Crippen LogP) is 2.03. The minimum Gasteiger partial charge on any atom is -0.472 e. The first kappa shape index (κ1) is 11.4. The molecule has 17 heavy (non-hydrogen) atoms. The highest BCUT2D eigenvalue weighted by Crippen LogP contribution is 2.11. The van der Waals surface area contributed by atoms with Gasteiger partial charge in [0.2, 0.25) is 0 Å². The summed E-state index contributed by atoms with van der Waals surface area (Å²) in [4.78, 5) is 11.7. The summed E-state index contributed by atoms with van der Waals surface area (Å²) in [5, 5.41) is 2.78. The van der Waals surface area contributed by atoms with Crippen molar-refractivity contribution in [3.05, 3.63) is 54.0 Å². The van der Waals surface area contributed by atoms with E-state index in [0.29, 0.717) is 12.1 Å². The van der Waals surface area contributed by atoms with Gasteiger partial charge in [-0.05, 0) is 36.7 Å². The summed E-state index contributed by atoms with van der Waals surface area (Å²) in [7, 11) is 0. The molecule has 4 nitrogen and oxygen atoms in total. The summed E-state index contributed by atoms with van der Waals surface area (Å²) in [6, 6.07) is 9.26. The lowest BCUT2D eigenvalue weighted by atomic mass is 10.1. The number of hydrogen-bond acceptors (Lipinski definition) is 3. The number of nitrogens with one attached hydrogen (secondary N) is 1. The van der Waals surface area contributed by atoms with E-state index in [0.717, 1.165) is 17.7 Å². The van der Waals surface area contributed by atoms with Crippen molar-refractivity contribution in [2.45, 2.75) is 6.42 Å². The van der Waals surface area contributed by atoms with E-state index in [4.69, 9.17) is 10.2 Å². The van der Waals surface area contributed by atoms with Crippen LogP contribution in [0.4, 0.5) is 5.69 Å². The van der Waals surface area contributed by atoms with Crippen LogP contribution in [0.2, 0.25) is 0 Å². The summed E-state index contributed by atoms with van der Waals surface area (Å²) in [6.07, 6.45) is 3.73. The van der Waals surface area contributed by atoms with Crippen molar-refractivity contribution in [3.8, 4) is 0 Å². The Morgan fingerprint density at radius 3 is 2.59 bits per heavy atom. The van der Waals surface area contributed by atoms with Gasteiger partial charge >= 0.3 is 0 Å². The minimum absolute atomic E-state index is 0.176. The van der Waals surface area contributed by atoms with Crippen LogP contribution in [0.3, 0.4) is 0 Å². The van der Waals surface area contributed by atoms with Gasteiger partial charge in [-0.1, -0.05) is 12.1 Å². The molecule has 0 unspecified atom stereocenters. The van der Waals surface area contributed by atoms with E-state index in [9.17, 15) is 4.79 Å². The van der Waals surface area contributed by atoms with Crippen LogP contribution in [0.15, 0.2) is 47.3 Å². The van der Waals surface area contributed by atoms with Crippen LogP contribution >= 0.6 is 0 Å². The Bertz CT molecular complexity index is 475. The third-order valence-electron chi connectivity index (χ3n) is 2.43. The molecule has 1 heterocycles. The molecule has 0 saturated carbocycles. The zero-order valence-corrected chi connectivity index (χ0v) is 9.35. The molecule has 1 aromatic heterocycles. The Labute approximate surface area is 99.4 Å². The quantitative estimate of drug-likeness (QED) is 0.844. The average molecular weight is 230 g/mol. The van der Waals surface area contributed by atoms with Gasteiger partial charge in [0, 0.05) is 5.69 Å².